The highest BCUT2D eigenvalue weighted by molar-refractivity contribution is 7.99. The predicted molar refractivity (Wildman–Crippen MR) is 60.9 cm³/mol. The van der Waals surface area contributed by atoms with Crippen LogP contribution in [0.4, 0.5) is 0 Å². The van der Waals surface area contributed by atoms with Crippen LogP contribution in [0.2, 0.25) is 0 Å². The standard InChI is InChI=1S/C10H21NO2S/c1-9(2)14-8-10(7-12)11-3-5-13-6-4-11/h9-10,12H,3-8H2,1-2H3/t10-/m1/s1. The fourth-order valence-electron chi connectivity index (χ4n) is 1.52. The number of aliphatic hydroxyl groups excluding tert-OH is 1. The molecular weight excluding hydrogens is 198 g/mol. The number of hydrogen-bond donors (Lipinski definition) is 1. The molecule has 1 atom stereocenters. The minimum atomic E-state index is 0.264. The third-order valence-electron chi connectivity index (χ3n) is 2.39. The number of rotatable bonds is 5. The molecule has 0 saturated carbocycles. The van der Waals surface area contributed by atoms with Gasteiger partial charge in [-0.05, 0) is 5.25 Å². The molecule has 1 fully saturated rings. The van der Waals surface area contributed by atoms with Gasteiger partial charge in [0.2, 0.25) is 0 Å². The molecule has 0 amide bonds. The van der Waals surface area contributed by atoms with Crippen LogP contribution in [0.3, 0.4) is 0 Å². The van der Waals surface area contributed by atoms with Crippen molar-refractivity contribution in [2.45, 2.75) is 25.1 Å². The second-order valence-electron chi connectivity index (χ2n) is 3.87. The topological polar surface area (TPSA) is 32.7 Å². The predicted octanol–water partition coefficient (Wildman–Crippen LogP) is 0.821. The quantitative estimate of drug-likeness (QED) is 0.742. The molecule has 1 heterocycles. The van der Waals surface area contributed by atoms with Crippen molar-refractivity contribution in [2.75, 3.05) is 38.7 Å². The van der Waals surface area contributed by atoms with Gasteiger partial charge in [0.05, 0.1) is 19.8 Å². The Bertz CT molecular complexity index is 149. The minimum Gasteiger partial charge on any atom is -0.395 e. The average molecular weight is 219 g/mol. The van der Waals surface area contributed by atoms with E-state index in [0.29, 0.717) is 11.3 Å². The largest absolute Gasteiger partial charge is 0.395 e. The number of ether oxygens (including phenoxy) is 1. The van der Waals surface area contributed by atoms with E-state index in [4.69, 9.17) is 4.74 Å². The Morgan fingerprint density at radius 3 is 2.50 bits per heavy atom. The zero-order valence-electron chi connectivity index (χ0n) is 9.11. The smallest absolute Gasteiger partial charge is 0.0594 e. The monoisotopic (exact) mass is 219 g/mol. The Kier molecular flexibility index (Phi) is 5.86. The van der Waals surface area contributed by atoms with Crippen LogP contribution in [0.15, 0.2) is 0 Å². The normalized spacial score (nSPS) is 21.4. The van der Waals surface area contributed by atoms with E-state index in [0.717, 1.165) is 32.1 Å². The molecule has 0 bridgehead atoms. The summed E-state index contributed by atoms with van der Waals surface area (Å²) in [6.45, 7) is 8.19. The summed E-state index contributed by atoms with van der Waals surface area (Å²) in [4.78, 5) is 2.33. The fourth-order valence-corrected chi connectivity index (χ4v) is 2.44. The Labute approximate surface area is 90.8 Å². The van der Waals surface area contributed by atoms with E-state index < -0.39 is 0 Å². The van der Waals surface area contributed by atoms with Crippen LogP contribution in [0, 0.1) is 0 Å². The number of aliphatic hydroxyl groups is 1. The van der Waals surface area contributed by atoms with Gasteiger partial charge in [-0.1, -0.05) is 13.8 Å². The highest BCUT2D eigenvalue weighted by atomic mass is 32.2. The molecule has 4 heteroatoms. The molecule has 1 saturated heterocycles. The summed E-state index contributed by atoms with van der Waals surface area (Å²) in [5, 5.41) is 9.94. The van der Waals surface area contributed by atoms with E-state index in [2.05, 4.69) is 18.7 Å². The van der Waals surface area contributed by atoms with Gasteiger partial charge < -0.3 is 9.84 Å². The first-order valence-corrected chi connectivity index (χ1v) is 6.33. The van der Waals surface area contributed by atoms with E-state index in [9.17, 15) is 5.11 Å². The molecule has 0 aliphatic carbocycles. The molecule has 1 aliphatic heterocycles. The Morgan fingerprint density at radius 1 is 1.36 bits per heavy atom. The molecule has 0 aromatic heterocycles. The minimum absolute atomic E-state index is 0.264. The lowest BCUT2D eigenvalue weighted by molar-refractivity contribution is 0.00913. The third kappa shape index (κ3) is 4.17. The summed E-state index contributed by atoms with van der Waals surface area (Å²) < 4.78 is 5.29. The first-order chi connectivity index (χ1) is 6.74. The molecule has 3 nitrogen and oxygen atoms in total. The van der Waals surface area contributed by atoms with Crippen molar-refractivity contribution >= 4 is 11.8 Å². The molecule has 1 N–H and O–H groups in total. The van der Waals surface area contributed by atoms with Crippen molar-refractivity contribution in [1.29, 1.82) is 0 Å². The van der Waals surface area contributed by atoms with Gasteiger partial charge in [-0.2, -0.15) is 11.8 Å². The zero-order valence-corrected chi connectivity index (χ0v) is 9.92. The maximum absolute atomic E-state index is 9.30. The molecule has 1 aliphatic rings. The van der Waals surface area contributed by atoms with Crippen molar-refractivity contribution in [2.24, 2.45) is 0 Å². The van der Waals surface area contributed by atoms with Crippen LogP contribution in [-0.2, 0) is 4.74 Å². The summed E-state index contributed by atoms with van der Waals surface area (Å²) in [5.41, 5.74) is 0. The van der Waals surface area contributed by atoms with E-state index >= 15 is 0 Å². The van der Waals surface area contributed by atoms with Crippen LogP contribution in [-0.4, -0.2) is 60.0 Å². The molecule has 0 aromatic carbocycles. The first kappa shape index (κ1) is 12.3. The number of nitrogens with zero attached hydrogens (tertiary/aromatic N) is 1. The maximum atomic E-state index is 9.30. The highest BCUT2D eigenvalue weighted by Crippen LogP contribution is 2.14. The second-order valence-corrected chi connectivity index (χ2v) is 5.48. The Hall–Kier alpha value is 0.230. The van der Waals surface area contributed by atoms with Gasteiger partial charge in [0.1, 0.15) is 0 Å². The molecule has 1 rings (SSSR count). The lowest BCUT2D eigenvalue weighted by atomic mass is 10.3. The van der Waals surface area contributed by atoms with Crippen molar-refractivity contribution in [3.8, 4) is 0 Å². The molecule has 0 radical (unpaired) electrons. The van der Waals surface area contributed by atoms with Crippen molar-refractivity contribution in [1.82, 2.24) is 4.90 Å². The van der Waals surface area contributed by atoms with Gasteiger partial charge in [-0.3, -0.25) is 4.90 Å². The molecule has 84 valence electrons. The summed E-state index contributed by atoms with van der Waals surface area (Å²) in [6.07, 6.45) is 0. The fraction of sp³-hybridized carbons (Fsp3) is 1.00. The van der Waals surface area contributed by atoms with E-state index in [-0.39, 0.29) is 6.61 Å². The van der Waals surface area contributed by atoms with Gasteiger partial charge >= 0.3 is 0 Å². The summed E-state index contributed by atoms with van der Waals surface area (Å²) in [6, 6.07) is 0.311. The van der Waals surface area contributed by atoms with Gasteiger partial charge in [0.15, 0.2) is 0 Å². The molecule has 14 heavy (non-hydrogen) atoms. The average Bonchev–Trinajstić information content (AvgIpc) is 2.20. The summed E-state index contributed by atoms with van der Waals surface area (Å²) in [7, 11) is 0. The Balaban J connectivity index is 2.28. The van der Waals surface area contributed by atoms with Crippen LogP contribution >= 0.6 is 11.8 Å². The summed E-state index contributed by atoms with van der Waals surface area (Å²) >= 11 is 1.92. The van der Waals surface area contributed by atoms with E-state index in [1.165, 1.54) is 0 Å². The van der Waals surface area contributed by atoms with Crippen molar-refractivity contribution in [3.05, 3.63) is 0 Å². The zero-order chi connectivity index (χ0) is 10.4. The number of hydrogen-bond acceptors (Lipinski definition) is 4. The number of thioether (sulfide) groups is 1. The Morgan fingerprint density at radius 2 is 2.00 bits per heavy atom. The number of morpholine rings is 1. The lowest BCUT2D eigenvalue weighted by Gasteiger charge is -2.33. The highest BCUT2D eigenvalue weighted by Gasteiger charge is 2.20. The van der Waals surface area contributed by atoms with E-state index in [1.807, 2.05) is 11.8 Å². The molecule has 0 aromatic rings. The lowest BCUT2D eigenvalue weighted by Crippen LogP contribution is -2.46. The van der Waals surface area contributed by atoms with Crippen LogP contribution in [0.5, 0.6) is 0 Å². The summed E-state index contributed by atoms with van der Waals surface area (Å²) in [5.74, 6) is 1.02. The van der Waals surface area contributed by atoms with Gasteiger partial charge in [0, 0.05) is 24.9 Å². The molecular formula is C10H21NO2S. The van der Waals surface area contributed by atoms with Gasteiger partial charge in [-0.25, -0.2) is 0 Å². The van der Waals surface area contributed by atoms with Crippen LogP contribution in [0.25, 0.3) is 0 Å². The third-order valence-corrected chi connectivity index (χ3v) is 3.64. The second kappa shape index (κ2) is 6.67. The SMILES string of the molecule is CC(C)SC[C@@H](CO)N1CCOCC1. The van der Waals surface area contributed by atoms with Crippen molar-refractivity contribution < 1.29 is 9.84 Å². The van der Waals surface area contributed by atoms with Crippen molar-refractivity contribution in [3.63, 3.8) is 0 Å². The van der Waals surface area contributed by atoms with E-state index in [1.54, 1.807) is 0 Å². The first-order valence-electron chi connectivity index (χ1n) is 5.28. The molecule has 0 spiro atoms. The van der Waals surface area contributed by atoms with Crippen LogP contribution in [0.1, 0.15) is 13.8 Å². The van der Waals surface area contributed by atoms with Crippen LogP contribution < -0.4 is 0 Å². The van der Waals surface area contributed by atoms with Gasteiger partial charge in [0.25, 0.3) is 0 Å². The maximum Gasteiger partial charge on any atom is 0.0594 e. The van der Waals surface area contributed by atoms with Gasteiger partial charge in [-0.15, -0.1) is 0 Å². The molecule has 0 unspecified atom stereocenters.